The molecule has 0 saturated heterocycles. The number of nitrogens with one attached hydrogen (secondary N) is 1. The lowest BCUT2D eigenvalue weighted by Gasteiger charge is -2.07. The van der Waals surface area contributed by atoms with Gasteiger partial charge in [-0.25, -0.2) is 4.79 Å². The van der Waals surface area contributed by atoms with E-state index in [9.17, 15) is 9.70 Å². The van der Waals surface area contributed by atoms with Crippen LogP contribution in [0.4, 0.5) is 5.69 Å². The molecule has 1 rings (SSSR count). The van der Waals surface area contributed by atoms with Crippen molar-refractivity contribution in [3.05, 3.63) is 28.7 Å². The van der Waals surface area contributed by atoms with Crippen LogP contribution in [0.5, 0.6) is 0 Å². The van der Waals surface area contributed by atoms with E-state index >= 15 is 0 Å². The normalized spacial score (nSPS) is 10.3. The molecular weight excluding hydrogens is 214 g/mol. The van der Waals surface area contributed by atoms with E-state index in [4.69, 9.17) is 5.11 Å². The van der Waals surface area contributed by atoms with Gasteiger partial charge in [0, 0.05) is 32.4 Å². The number of hydrogen-bond acceptors (Lipinski definition) is 3. The Morgan fingerprint density at radius 3 is 2.60 bits per heavy atom. The monoisotopic (exact) mass is 226 g/mol. The molecule has 0 spiro atoms. The van der Waals surface area contributed by atoms with E-state index in [1.807, 2.05) is 13.8 Å². The van der Waals surface area contributed by atoms with Gasteiger partial charge in [-0.2, -0.15) is 0 Å². The highest BCUT2D eigenvalue weighted by molar-refractivity contribution is 8.00. The van der Waals surface area contributed by atoms with Crippen LogP contribution < -0.4 is 5.18 Å². The predicted octanol–water partition coefficient (Wildman–Crippen LogP) is 1.36. The molecule has 0 amide bonds. The summed E-state index contributed by atoms with van der Waals surface area (Å²) in [5, 5.41) is 10.9. The lowest BCUT2D eigenvalue weighted by Crippen LogP contribution is -2.55. The maximum absolute atomic E-state index is 10.9. The van der Waals surface area contributed by atoms with Crippen LogP contribution in [0.3, 0.4) is 0 Å². The molecule has 0 saturated carbocycles. The van der Waals surface area contributed by atoms with Gasteiger partial charge in [-0.1, -0.05) is 13.8 Å². The third kappa shape index (κ3) is 3.06. The second-order valence-electron chi connectivity index (χ2n) is 3.28. The summed E-state index contributed by atoms with van der Waals surface area (Å²) in [6.45, 7) is 3.96. The van der Waals surface area contributed by atoms with Crippen LogP contribution in [0.2, 0.25) is 0 Å². The van der Waals surface area contributed by atoms with Crippen molar-refractivity contribution in [2.75, 3.05) is 0 Å². The lowest BCUT2D eigenvalue weighted by molar-refractivity contribution is -0.379. The van der Waals surface area contributed by atoms with Gasteiger partial charge in [0.15, 0.2) is 0 Å². The highest BCUT2D eigenvalue weighted by Crippen LogP contribution is 2.27. The first-order valence-electron chi connectivity index (χ1n) is 4.46. The highest BCUT2D eigenvalue weighted by Gasteiger charge is 2.14. The van der Waals surface area contributed by atoms with Crippen LogP contribution in [0.25, 0.3) is 0 Å². The summed E-state index contributed by atoms with van der Waals surface area (Å²) >= 11 is 1.46. The second kappa shape index (κ2) is 4.93. The first kappa shape index (κ1) is 11.7. The van der Waals surface area contributed by atoms with Gasteiger partial charge in [0.2, 0.25) is 0 Å². The van der Waals surface area contributed by atoms with Crippen LogP contribution >= 0.6 is 11.8 Å². The summed E-state index contributed by atoms with van der Waals surface area (Å²) in [6.07, 6.45) is 0. The predicted molar refractivity (Wildman–Crippen MR) is 58.4 cm³/mol. The minimum atomic E-state index is -1.02. The number of carboxylic acid groups (broad SMARTS) is 1. The number of aromatic carboxylic acids is 1. The van der Waals surface area contributed by atoms with E-state index in [0.717, 1.165) is 0 Å². The van der Waals surface area contributed by atoms with Crippen molar-refractivity contribution in [2.24, 2.45) is 0 Å². The van der Waals surface area contributed by atoms with E-state index < -0.39 is 5.97 Å². The van der Waals surface area contributed by atoms with Crippen molar-refractivity contribution in [3.63, 3.8) is 0 Å². The van der Waals surface area contributed by atoms with E-state index in [1.165, 1.54) is 17.8 Å². The number of nitroso groups, excluding NO2 is 1. The largest absolute Gasteiger partial charge is 0.478 e. The van der Waals surface area contributed by atoms with Crippen LogP contribution in [0.1, 0.15) is 24.2 Å². The molecule has 0 aromatic heterocycles. The van der Waals surface area contributed by atoms with Gasteiger partial charge in [-0.15, -0.1) is 11.8 Å². The molecule has 0 aliphatic carbocycles. The second-order valence-corrected chi connectivity index (χ2v) is 4.90. The molecule has 0 aliphatic heterocycles. The molecule has 0 unspecified atom stereocenters. The zero-order valence-corrected chi connectivity index (χ0v) is 9.30. The third-order valence-corrected chi connectivity index (χ3v) is 2.77. The number of carboxylic acids is 1. The van der Waals surface area contributed by atoms with Crippen molar-refractivity contribution in [1.29, 1.82) is 0 Å². The van der Waals surface area contributed by atoms with E-state index in [-0.39, 0.29) is 11.3 Å². The van der Waals surface area contributed by atoms with Crippen molar-refractivity contribution in [2.45, 2.75) is 24.0 Å². The molecule has 1 aromatic carbocycles. The molecule has 0 atom stereocenters. The fourth-order valence-electron chi connectivity index (χ4n) is 1.12. The van der Waals surface area contributed by atoms with Gasteiger partial charge in [0.05, 0.1) is 5.56 Å². The zero-order valence-electron chi connectivity index (χ0n) is 8.48. The van der Waals surface area contributed by atoms with Gasteiger partial charge in [0.1, 0.15) is 0 Å². The minimum absolute atomic E-state index is 0.162. The van der Waals surface area contributed by atoms with Crippen LogP contribution in [0, 0.1) is 4.91 Å². The maximum atomic E-state index is 10.9. The summed E-state index contributed by atoms with van der Waals surface area (Å²) in [7, 11) is 0. The summed E-state index contributed by atoms with van der Waals surface area (Å²) in [5.74, 6) is -1.02. The van der Waals surface area contributed by atoms with Crippen LogP contribution in [0.15, 0.2) is 23.1 Å². The summed E-state index contributed by atoms with van der Waals surface area (Å²) in [6, 6.07) is 4.57. The van der Waals surface area contributed by atoms with Crippen molar-refractivity contribution in [1.82, 2.24) is 0 Å². The number of rotatable bonds is 4. The Morgan fingerprint density at radius 1 is 1.47 bits per heavy atom. The van der Waals surface area contributed by atoms with E-state index in [0.29, 0.717) is 10.1 Å². The Kier molecular flexibility index (Phi) is 3.85. The Morgan fingerprint density at radius 2 is 2.13 bits per heavy atom. The van der Waals surface area contributed by atoms with Gasteiger partial charge in [-0.3, -0.25) is 0 Å². The molecule has 1 aromatic rings. The lowest BCUT2D eigenvalue weighted by atomic mass is 10.2. The average Bonchev–Trinajstić information content (AvgIpc) is 2.17. The number of benzene rings is 1. The molecule has 15 heavy (non-hydrogen) atoms. The van der Waals surface area contributed by atoms with Crippen LogP contribution in [-0.2, 0) is 0 Å². The van der Waals surface area contributed by atoms with Gasteiger partial charge >= 0.3 is 5.97 Å². The van der Waals surface area contributed by atoms with E-state index in [1.54, 1.807) is 17.3 Å². The fourth-order valence-corrected chi connectivity index (χ4v) is 2.04. The molecule has 2 N–H and O–H groups in total. The molecule has 80 valence electrons. The molecular formula is C10H12NO3S+. The fraction of sp³-hybridized carbons (Fsp3) is 0.300. The average molecular weight is 226 g/mol. The van der Waals surface area contributed by atoms with Crippen molar-refractivity contribution in [3.8, 4) is 0 Å². The quantitative estimate of drug-likeness (QED) is 0.761. The topological polar surface area (TPSA) is 68.3 Å². The van der Waals surface area contributed by atoms with Crippen molar-refractivity contribution >= 4 is 23.4 Å². The maximum Gasteiger partial charge on any atom is 0.337 e. The molecule has 0 fully saturated rings. The highest BCUT2D eigenvalue weighted by atomic mass is 32.2. The van der Waals surface area contributed by atoms with Gasteiger partial charge < -0.3 is 5.11 Å². The Hall–Kier alpha value is -1.36. The molecule has 0 aliphatic rings. The number of carbonyl (C=O) groups is 1. The Balaban J connectivity index is 3.14. The summed E-state index contributed by atoms with van der Waals surface area (Å²) in [5.41, 5.74) is 0.426. The molecule has 0 heterocycles. The Labute approximate surface area is 91.7 Å². The number of thioether (sulfide) groups is 1. The van der Waals surface area contributed by atoms with Gasteiger partial charge in [0.25, 0.3) is 5.69 Å². The summed E-state index contributed by atoms with van der Waals surface area (Å²) in [4.78, 5) is 22.0. The minimum Gasteiger partial charge on any atom is -0.478 e. The SMILES string of the molecule is CC(C)Sc1ccc([NH+]=O)cc1C(=O)O. The Bertz CT molecular complexity index is 390. The van der Waals surface area contributed by atoms with Crippen LogP contribution in [-0.4, -0.2) is 16.3 Å². The smallest absolute Gasteiger partial charge is 0.337 e. The van der Waals surface area contributed by atoms with E-state index in [2.05, 4.69) is 0 Å². The number of hydrogen-bond donors (Lipinski definition) is 2. The van der Waals surface area contributed by atoms with Crippen molar-refractivity contribution < 1.29 is 15.1 Å². The third-order valence-electron chi connectivity index (χ3n) is 1.69. The molecule has 0 bridgehead atoms. The first-order valence-corrected chi connectivity index (χ1v) is 5.34. The summed E-state index contributed by atoms with van der Waals surface area (Å²) < 4.78 is 0. The van der Waals surface area contributed by atoms with Gasteiger partial charge in [-0.05, 0) is 6.07 Å². The molecule has 5 heteroatoms. The molecule has 4 nitrogen and oxygen atoms in total. The zero-order chi connectivity index (χ0) is 11.4. The standard InChI is InChI=1S/C10H11NO3S/c1-6(2)15-9-4-3-7(11-14)5-8(9)10(12)13/h3-6H,1-2H3,(H,12,13)/p+1. The molecule has 0 radical (unpaired) electrons. The first-order chi connectivity index (χ1) is 7.04.